The van der Waals surface area contributed by atoms with Gasteiger partial charge in [0.1, 0.15) is 5.75 Å². The van der Waals surface area contributed by atoms with Gasteiger partial charge in [-0.1, -0.05) is 17.7 Å². The quantitative estimate of drug-likeness (QED) is 0.690. The third kappa shape index (κ3) is 1.55. The van der Waals surface area contributed by atoms with Gasteiger partial charge in [0, 0.05) is 5.02 Å². The van der Waals surface area contributed by atoms with Crippen LogP contribution in [0.4, 0.5) is 0 Å². The van der Waals surface area contributed by atoms with Crippen LogP contribution in [-0.2, 0) is 0 Å². The Morgan fingerprint density at radius 1 is 1.07 bits per heavy atom. The Balaban J connectivity index is 2.73. The van der Waals surface area contributed by atoms with E-state index in [1.807, 2.05) is 31.2 Å². The Kier molecular flexibility index (Phi) is 2.34. The maximum Gasteiger partial charge on any atom is 0.122 e. The molecule has 0 fully saturated rings. The lowest BCUT2D eigenvalue weighted by atomic mass is 10.1. The standard InChI is InChI=1S/C12H11ClO/c1-8-5-9-3-4-11(13)6-10(9)7-12(8)14-2/h3-7H,1-2H3. The molecule has 0 radical (unpaired) electrons. The molecule has 0 aliphatic rings. The molecule has 2 aromatic rings. The summed E-state index contributed by atoms with van der Waals surface area (Å²) >= 11 is 5.91. The predicted molar refractivity (Wildman–Crippen MR) is 60.2 cm³/mol. The molecule has 2 heteroatoms. The highest BCUT2D eigenvalue weighted by molar-refractivity contribution is 6.31. The van der Waals surface area contributed by atoms with Crippen LogP contribution in [0.5, 0.6) is 5.75 Å². The van der Waals surface area contributed by atoms with Gasteiger partial charge in [-0.25, -0.2) is 0 Å². The number of hydrogen-bond acceptors (Lipinski definition) is 1. The summed E-state index contributed by atoms with van der Waals surface area (Å²) in [6.45, 7) is 2.03. The lowest BCUT2D eigenvalue weighted by molar-refractivity contribution is 0.412. The Labute approximate surface area is 88.3 Å². The summed E-state index contributed by atoms with van der Waals surface area (Å²) in [6.07, 6.45) is 0. The van der Waals surface area contributed by atoms with Gasteiger partial charge in [0.25, 0.3) is 0 Å². The van der Waals surface area contributed by atoms with Crippen LogP contribution in [-0.4, -0.2) is 7.11 Å². The maximum absolute atomic E-state index is 5.91. The van der Waals surface area contributed by atoms with E-state index in [0.717, 1.165) is 21.7 Å². The van der Waals surface area contributed by atoms with E-state index in [9.17, 15) is 0 Å². The van der Waals surface area contributed by atoms with Gasteiger partial charge < -0.3 is 4.74 Å². The zero-order valence-corrected chi connectivity index (χ0v) is 8.93. The first-order chi connectivity index (χ1) is 6.70. The average Bonchev–Trinajstić information content (AvgIpc) is 2.17. The van der Waals surface area contributed by atoms with Crippen LogP contribution >= 0.6 is 11.6 Å². The molecular formula is C12H11ClO. The smallest absolute Gasteiger partial charge is 0.122 e. The van der Waals surface area contributed by atoms with Gasteiger partial charge in [-0.05, 0) is 47.5 Å². The molecule has 0 heterocycles. The molecule has 0 spiro atoms. The van der Waals surface area contributed by atoms with Gasteiger partial charge >= 0.3 is 0 Å². The fourth-order valence-corrected chi connectivity index (χ4v) is 1.76. The van der Waals surface area contributed by atoms with E-state index >= 15 is 0 Å². The van der Waals surface area contributed by atoms with Crippen molar-refractivity contribution in [3.63, 3.8) is 0 Å². The largest absolute Gasteiger partial charge is 0.496 e. The molecule has 0 aliphatic carbocycles. The zero-order chi connectivity index (χ0) is 10.1. The van der Waals surface area contributed by atoms with Crippen LogP contribution in [0.15, 0.2) is 30.3 Å². The van der Waals surface area contributed by atoms with Crippen LogP contribution in [0.25, 0.3) is 10.8 Å². The van der Waals surface area contributed by atoms with E-state index in [2.05, 4.69) is 6.07 Å². The number of methoxy groups -OCH3 is 1. The topological polar surface area (TPSA) is 9.23 Å². The predicted octanol–water partition coefficient (Wildman–Crippen LogP) is 3.81. The van der Waals surface area contributed by atoms with Gasteiger partial charge in [0.15, 0.2) is 0 Å². The third-order valence-electron chi connectivity index (χ3n) is 2.32. The van der Waals surface area contributed by atoms with Gasteiger partial charge in [-0.15, -0.1) is 0 Å². The van der Waals surface area contributed by atoms with Gasteiger partial charge in [-0.2, -0.15) is 0 Å². The SMILES string of the molecule is COc1cc2cc(Cl)ccc2cc1C. The molecule has 0 aromatic heterocycles. The number of rotatable bonds is 1. The van der Waals surface area contributed by atoms with Crippen LogP contribution in [0, 0.1) is 6.92 Å². The van der Waals surface area contributed by atoms with Gasteiger partial charge in [-0.3, -0.25) is 0 Å². The normalized spacial score (nSPS) is 10.5. The lowest BCUT2D eigenvalue weighted by Crippen LogP contribution is -1.87. The number of ether oxygens (including phenoxy) is 1. The Hall–Kier alpha value is -1.21. The third-order valence-corrected chi connectivity index (χ3v) is 2.55. The van der Waals surface area contributed by atoms with E-state index in [4.69, 9.17) is 16.3 Å². The first-order valence-corrected chi connectivity index (χ1v) is 4.82. The van der Waals surface area contributed by atoms with E-state index < -0.39 is 0 Å². The fourth-order valence-electron chi connectivity index (χ4n) is 1.58. The molecule has 0 unspecified atom stereocenters. The second-order valence-corrected chi connectivity index (χ2v) is 3.75. The molecule has 14 heavy (non-hydrogen) atoms. The average molecular weight is 207 g/mol. The molecule has 0 N–H and O–H groups in total. The Morgan fingerprint density at radius 3 is 2.57 bits per heavy atom. The first-order valence-electron chi connectivity index (χ1n) is 4.44. The molecule has 0 amide bonds. The summed E-state index contributed by atoms with van der Waals surface area (Å²) in [4.78, 5) is 0. The molecule has 2 rings (SSSR count). The minimum absolute atomic E-state index is 0.753. The van der Waals surface area contributed by atoms with Crippen LogP contribution < -0.4 is 4.74 Å². The number of hydrogen-bond donors (Lipinski definition) is 0. The summed E-state index contributed by atoms with van der Waals surface area (Å²) < 4.78 is 5.25. The van der Waals surface area contributed by atoms with Crippen molar-refractivity contribution in [1.82, 2.24) is 0 Å². The molecule has 0 aliphatic heterocycles. The monoisotopic (exact) mass is 206 g/mol. The fraction of sp³-hybridized carbons (Fsp3) is 0.167. The number of halogens is 1. The Bertz CT molecular complexity index is 477. The molecule has 0 atom stereocenters. The van der Waals surface area contributed by atoms with Crippen molar-refractivity contribution in [2.45, 2.75) is 6.92 Å². The zero-order valence-electron chi connectivity index (χ0n) is 8.17. The van der Waals surface area contributed by atoms with E-state index in [1.54, 1.807) is 7.11 Å². The molecule has 72 valence electrons. The van der Waals surface area contributed by atoms with Crippen LogP contribution in [0.2, 0.25) is 5.02 Å². The van der Waals surface area contributed by atoms with Crippen molar-refractivity contribution < 1.29 is 4.74 Å². The number of benzene rings is 2. The van der Waals surface area contributed by atoms with E-state index in [0.29, 0.717) is 0 Å². The van der Waals surface area contributed by atoms with E-state index in [1.165, 1.54) is 5.39 Å². The van der Waals surface area contributed by atoms with Crippen molar-refractivity contribution in [2.24, 2.45) is 0 Å². The van der Waals surface area contributed by atoms with Crippen molar-refractivity contribution >= 4 is 22.4 Å². The second-order valence-electron chi connectivity index (χ2n) is 3.31. The molecule has 0 saturated carbocycles. The van der Waals surface area contributed by atoms with Crippen molar-refractivity contribution in [3.8, 4) is 5.75 Å². The maximum atomic E-state index is 5.91. The summed E-state index contributed by atoms with van der Waals surface area (Å²) in [5.74, 6) is 0.903. The number of aryl methyl sites for hydroxylation is 1. The second kappa shape index (κ2) is 3.50. The molecular weight excluding hydrogens is 196 g/mol. The highest BCUT2D eigenvalue weighted by Crippen LogP contribution is 2.27. The van der Waals surface area contributed by atoms with E-state index in [-0.39, 0.29) is 0 Å². The van der Waals surface area contributed by atoms with Crippen LogP contribution in [0.1, 0.15) is 5.56 Å². The van der Waals surface area contributed by atoms with Crippen molar-refractivity contribution in [2.75, 3.05) is 7.11 Å². The first kappa shape index (κ1) is 9.35. The van der Waals surface area contributed by atoms with Crippen molar-refractivity contribution in [3.05, 3.63) is 40.9 Å². The highest BCUT2D eigenvalue weighted by atomic mass is 35.5. The van der Waals surface area contributed by atoms with Gasteiger partial charge in [0.05, 0.1) is 7.11 Å². The van der Waals surface area contributed by atoms with Gasteiger partial charge in [0.2, 0.25) is 0 Å². The molecule has 2 aromatic carbocycles. The Morgan fingerprint density at radius 2 is 1.86 bits per heavy atom. The van der Waals surface area contributed by atoms with Crippen molar-refractivity contribution in [1.29, 1.82) is 0 Å². The molecule has 0 saturated heterocycles. The highest BCUT2D eigenvalue weighted by Gasteiger charge is 2.01. The summed E-state index contributed by atoms with van der Waals surface area (Å²) in [7, 11) is 1.68. The molecule has 0 bridgehead atoms. The van der Waals surface area contributed by atoms with Crippen LogP contribution in [0.3, 0.4) is 0 Å². The summed E-state index contributed by atoms with van der Waals surface area (Å²) in [6, 6.07) is 9.97. The summed E-state index contributed by atoms with van der Waals surface area (Å²) in [5.41, 5.74) is 1.14. The lowest BCUT2D eigenvalue weighted by Gasteiger charge is -2.06. The number of fused-ring (bicyclic) bond motifs is 1. The summed E-state index contributed by atoms with van der Waals surface area (Å²) in [5, 5.41) is 3.05. The molecule has 1 nitrogen and oxygen atoms in total. The minimum Gasteiger partial charge on any atom is -0.496 e. The minimum atomic E-state index is 0.753.